The van der Waals surface area contributed by atoms with Crippen LogP contribution in [0.5, 0.6) is 11.6 Å². The number of para-hydroxylation sites is 1. The van der Waals surface area contributed by atoms with Gasteiger partial charge in [-0.25, -0.2) is 18.2 Å². The van der Waals surface area contributed by atoms with Crippen molar-refractivity contribution in [3.63, 3.8) is 0 Å². The molecule has 2 aromatic carbocycles. The molecule has 4 aromatic rings. The summed E-state index contributed by atoms with van der Waals surface area (Å²) < 4.78 is 34.0. The zero-order valence-electron chi connectivity index (χ0n) is 26.5. The second kappa shape index (κ2) is 13.6. The van der Waals surface area contributed by atoms with Gasteiger partial charge in [-0.1, -0.05) is 23.7 Å². The molecule has 2 amide bonds. The molecule has 1 fully saturated rings. The Bertz CT molecular complexity index is 1840. The monoisotopic (exact) mass is 669 g/mol. The minimum absolute atomic E-state index is 0.0274. The molecule has 1 aliphatic rings. The molecule has 0 aliphatic carbocycles. The highest BCUT2D eigenvalue weighted by Gasteiger charge is 2.27. The van der Waals surface area contributed by atoms with E-state index in [1.165, 1.54) is 6.20 Å². The van der Waals surface area contributed by atoms with Gasteiger partial charge in [-0.3, -0.25) is 0 Å². The normalized spacial score (nSPS) is 14.2. The highest BCUT2D eigenvalue weighted by Crippen LogP contribution is 2.40. The van der Waals surface area contributed by atoms with Crippen LogP contribution in [0.25, 0.3) is 10.8 Å². The molecule has 0 saturated carbocycles. The first-order chi connectivity index (χ1) is 21.9. The van der Waals surface area contributed by atoms with Crippen molar-refractivity contribution in [2.75, 3.05) is 30.3 Å². The Morgan fingerprint density at radius 2 is 1.83 bits per heavy atom. The molecule has 5 rings (SSSR count). The number of sulfone groups is 1. The van der Waals surface area contributed by atoms with E-state index in [1.807, 2.05) is 37.6 Å². The van der Waals surface area contributed by atoms with Crippen LogP contribution >= 0.6 is 11.6 Å². The predicted molar refractivity (Wildman–Crippen MR) is 181 cm³/mol. The summed E-state index contributed by atoms with van der Waals surface area (Å²) in [5, 5.41) is 21.4. The molecule has 1 aliphatic heterocycles. The third-order valence-electron chi connectivity index (χ3n) is 7.81. The molecule has 12 nitrogen and oxygen atoms in total. The maximum Gasteiger partial charge on any atom is 0.317 e. The summed E-state index contributed by atoms with van der Waals surface area (Å²) >= 11 is 6.45. The number of carbonyl (C=O) groups is 1. The molecule has 1 saturated heterocycles. The molecule has 0 radical (unpaired) electrons. The summed E-state index contributed by atoms with van der Waals surface area (Å²) in [5.41, 5.74) is 0.868. The number of amides is 2. The number of benzene rings is 2. The molecule has 14 heteroatoms. The Kier molecular flexibility index (Phi) is 9.82. The van der Waals surface area contributed by atoms with Crippen LogP contribution in [0.3, 0.4) is 0 Å². The van der Waals surface area contributed by atoms with Crippen molar-refractivity contribution >= 4 is 61.4 Å². The van der Waals surface area contributed by atoms with Gasteiger partial charge in [0.15, 0.2) is 21.5 Å². The van der Waals surface area contributed by atoms with Gasteiger partial charge in [-0.05, 0) is 71.7 Å². The van der Waals surface area contributed by atoms with Gasteiger partial charge in [0, 0.05) is 42.6 Å². The summed E-state index contributed by atoms with van der Waals surface area (Å²) in [5.74, 6) is 1.05. The van der Waals surface area contributed by atoms with Crippen LogP contribution in [0.4, 0.5) is 27.9 Å². The number of aromatic hydroxyl groups is 1. The SMILES string of the molecule is CCNC(=O)N1CCC(n2cc3cc(OC(C)C)c(Nc4ncc(Cl)c(Nc5ccccc5S(=O)(=O)C(C)C)n4)cc3c2O)CC1. The van der Waals surface area contributed by atoms with Gasteiger partial charge in [0.2, 0.25) is 5.95 Å². The fourth-order valence-electron chi connectivity index (χ4n) is 5.42. The first-order valence-corrected chi connectivity index (χ1v) is 17.3. The van der Waals surface area contributed by atoms with Crippen LogP contribution in [0.1, 0.15) is 53.5 Å². The zero-order valence-corrected chi connectivity index (χ0v) is 28.1. The van der Waals surface area contributed by atoms with Crippen molar-refractivity contribution in [3.8, 4) is 11.6 Å². The number of ether oxygens (including phenoxy) is 1. The van der Waals surface area contributed by atoms with Crippen molar-refractivity contribution in [3.05, 3.63) is 53.8 Å². The third-order valence-corrected chi connectivity index (χ3v) is 10.3. The van der Waals surface area contributed by atoms with E-state index >= 15 is 0 Å². The van der Waals surface area contributed by atoms with Crippen LogP contribution in [-0.4, -0.2) is 70.0 Å². The minimum atomic E-state index is -3.58. The molecule has 2 aromatic heterocycles. The topological polar surface area (TPSA) is 151 Å². The Hall–Kier alpha value is -4.23. The van der Waals surface area contributed by atoms with E-state index in [0.29, 0.717) is 55.0 Å². The summed E-state index contributed by atoms with van der Waals surface area (Å²) in [4.78, 5) is 23.1. The number of likely N-dealkylation sites (tertiary alicyclic amines) is 1. The fraction of sp³-hybridized carbons (Fsp3) is 0.406. The van der Waals surface area contributed by atoms with Gasteiger partial charge >= 0.3 is 6.03 Å². The van der Waals surface area contributed by atoms with E-state index in [2.05, 4.69) is 25.9 Å². The highest BCUT2D eigenvalue weighted by molar-refractivity contribution is 7.92. The smallest absolute Gasteiger partial charge is 0.317 e. The highest BCUT2D eigenvalue weighted by atomic mass is 35.5. The molecular formula is C32H40ClN7O5S. The second-order valence-electron chi connectivity index (χ2n) is 11.7. The first kappa shape index (κ1) is 33.1. The lowest BCUT2D eigenvalue weighted by molar-refractivity contribution is 0.170. The van der Waals surface area contributed by atoms with Gasteiger partial charge in [0.1, 0.15) is 10.8 Å². The van der Waals surface area contributed by atoms with Gasteiger partial charge in [0.05, 0.1) is 33.8 Å². The Morgan fingerprint density at radius 1 is 1.11 bits per heavy atom. The molecular weight excluding hydrogens is 630 g/mol. The molecule has 4 N–H and O–H groups in total. The standard InChI is InChI=1S/C32H40ClN7O5S/c1-6-34-32(42)39-13-11-22(12-14-39)40-18-21-15-27(45-19(2)3)26(16-23(21)30(40)41)37-31-35-17-24(33)29(38-31)36-25-9-7-8-10-28(25)46(43,44)20(4)5/h7-10,15-20,22,41H,6,11-14H2,1-5H3,(H,34,42)(H2,35,36,37,38). The van der Waals surface area contributed by atoms with E-state index in [0.717, 1.165) is 5.39 Å². The number of fused-ring (bicyclic) bond motifs is 1. The Labute approximate surface area is 274 Å². The molecule has 0 spiro atoms. The Balaban J connectivity index is 1.44. The molecule has 0 unspecified atom stereocenters. The number of nitrogens with zero attached hydrogens (tertiary/aromatic N) is 4. The number of halogens is 1. The van der Waals surface area contributed by atoms with E-state index in [-0.39, 0.29) is 45.7 Å². The zero-order chi connectivity index (χ0) is 33.2. The average Bonchev–Trinajstić information content (AvgIpc) is 3.33. The third kappa shape index (κ3) is 6.95. The quantitative estimate of drug-likeness (QED) is 0.146. The number of rotatable bonds is 10. The molecule has 46 heavy (non-hydrogen) atoms. The first-order valence-electron chi connectivity index (χ1n) is 15.4. The Morgan fingerprint density at radius 3 is 2.50 bits per heavy atom. The summed E-state index contributed by atoms with van der Waals surface area (Å²) in [7, 11) is -3.58. The van der Waals surface area contributed by atoms with E-state index < -0.39 is 15.1 Å². The number of nitrogens with one attached hydrogen (secondary N) is 3. The summed E-state index contributed by atoms with van der Waals surface area (Å²) in [6, 6.07) is 10.2. The number of aromatic nitrogens is 3. The maximum absolute atomic E-state index is 13.0. The van der Waals surface area contributed by atoms with Crippen molar-refractivity contribution < 1.29 is 23.1 Å². The van der Waals surface area contributed by atoms with Crippen molar-refractivity contribution in [1.29, 1.82) is 0 Å². The lowest BCUT2D eigenvalue weighted by atomic mass is 10.1. The number of hydrogen-bond donors (Lipinski definition) is 4. The maximum atomic E-state index is 13.0. The van der Waals surface area contributed by atoms with E-state index in [1.54, 1.807) is 49.1 Å². The van der Waals surface area contributed by atoms with Gasteiger partial charge in [-0.2, -0.15) is 4.98 Å². The van der Waals surface area contributed by atoms with Crippen molar-refractivity contribution in [2.24, 2.45) is 0 Å². The van der Waals surface area contributed by atoms with E-state index in [9.17, 15) is 18.3 Å². The van der Waals surface area contributed by atoms with Crippen LogP contribution < -0.4 is 20.7 Å². The summed E-state index contributed by atoms with van der Waals surface area (Å²) in [6.45, 7) is 10.8. The van der Waals surface area contributed by atoms with Crippen LogP contribution in [0, 0.1) is 0 Å². The molecule has 3 heterocycles. The van der Waals surface area contributed by atoms with E-state index in [4.69, 9.17) is 16.3 Å². The number of carbonyl (C=O) groups excluding carboxylic acids is 1. The van der Waals surface area contributed by atoms with Gasteiger partial charge < -0.3 is 35.3 Å². The molecule has 0 bridgehead atoms. The van der Waals surface area contributed by atoms with Crippen LogP contribution in [0.15, 0.2) is 53.7 Å². The predicted octanol–water partition coefficient (Wildman–Crippen LogP) is 6.61. The number of hydrogen-bond acceptors (Lipinski definition) is 9. The summed E-state index contributed by atoms with van der Waals surface area (Å²) in [6.07, 6.45) is 4.61. The minimum Gasteiger partial charge on any atom is -0.494 e. The van der Waals surface area contributed by atoms with Crippen LogP contribution in [-0.2, 0) is 9.84 Å². The lowest BCUT2D eigenvalue weighted by Crippen LogP contribution is -2.44. The molecule has 246 valence electrons. The van der Waals surface area contributed by atoms with Crippen molar-refractivity contribution in [2.45, 2.75) is 69.8 Å². The number of urea groups is 1. The largest absolute Gasteiger partial charge is 0.494 e. The number of anilines is 4. The number of piperidine rings is 1. The second-order valence-corrected chi connectivity index (χ2v) is 14.6. The fourth-order valence-corrected chi connectivity index (χ4v) is 6.76. The lowest BCUT2D eigenvalue weighted by Gasteiger charge is -2.32. The average molecular weight is 670 g/mol. The van der Waals surface area contributed by atoms with Crippen LogP contribution in [0.2, 0.25) is 5.02 Å². The molecule has 0 atom stereocenters. The van der Waals surface area contributed by atoms with Gasteiger partial charge in [0.25, 0.3) is 0 Å². The van der Waals surface area contributed by atoms with Crippen molar-refractivity contribution in [1.82, 2.24) is 24.8 Å². The van der Waals surface area contributed by atoms with Gasteiger partial charge in [-0.15, -0.1) is 0 Å².